The summed E-state index contributed by atoms with van der Waals surface area (Å²) < 4.78 is 1.04. The topological polar surface area (TPSA) is 49.9 Å². The lowest BCUT2D eigenvalue weighted by atomic mass is 10.2. The van der Waals surface area contributed by atoms with E-state index in [0.29, 0.717) is 10.6 Å². The first-order chi connectivity index (χ1) is 8.58. The molecule has 0 saturated heterocycles. The fourth-order valence-corrected chi connectivity index (χ4v) is 3.19. The lowest BCUT2D eigenvalue weighted by molar-refractivity contribution is 1.36. The standard InChI is InChI=1S/C13H10BrClN2S/c14-10-3-1-2-4-12(10)18-8-5-6-9(13(16)17)11(15)7-8/h1-7H,(H3,16,17). The Balaban J connectivity index is 2.29. The summed E-state index contributed by atoms with van der Waals surface area (Å²) in [6, 6.07) is 13.5. The van der Waals surface area contributed by atoms with Crippen LogP contribution in [-0.2, 0) is 0 Å². The zero-order valence-corrected chi connectivity index (χ0v) is 12.4. The van der Waals surface area contributed by atoms with Gasteiger partial charge in [-0.1, -0.05) is 35.5 Å². The predicted molar refractivity (Wildman–Crippen MR) is 80.7 cm³/mol. The van der Waals surface area contributed by atoms with Gasteiger partial charge in [0.2, 0.25) is 0 Å². The normalized spacial score (nSPS) is 10.3. The first kappa shape index (κ1) is 13.5. The Bertz CT molecular complexity index is 601. The highest BCUT2D eigenvalue weighted by atomic mass is 79.9. The van der Waals surface area contributed by atoms with E-state index in [1.54, 1.807) is 17.8 Å². The van der Waals surface area contributed by atoms with Crippen LogP contribution in [0.15, 0.2) is 56.7 Å². The molecule has 3 N–H and O–H groups in total. The van der Waals surface area contributed by atoms with Crippen molar-refractivity contribution in [2.45, 2.75) is 9.79 Å². The van der Waals surface area contributed by atoms with Crippen LogP contribution in [0.2, 0.25) is 5.02 Å². The molecule has 0 heterocycles. The van der Waals surface area contributed by atoms with E-state index in [9.17, 15) is 0 Å². The summed E-state index contributed by atoms with van der Waals surface area (Å²) >= 11 is 11.2. The zero-order valence-electron chi connectivity index (χ0n) is 9.28. The fourth-order valence-electron chi connectivity index (χ4n) is 1.43. The van der Waals surface area contributed by atoms with Crippen LogP contribution >= 0.6 is 39.3 Å². The average molecular weight is 342 g/mol. The third kappa shape index (κ3) is 3.07. The van der Waals surface area contributed by atoms with Crippen molar-refractivity contribution in [3.8, 4) is 0 Å². The van der Waals surface area contributed by atoms with Crippen LogP contribution in [0.5, 0.6) is 0 Å². The van der Waals surface area contributed by atoms with E-state index in [1.165, 1.54) is 0 Å². The molecule has 0 bridgehead atoms. The van der Waals surface area contributed by atoms with Gasteiger partial charge in [-0.15, -0.1) is 0 Å². The smallest absolute Gasteiger partial charge is 0.124 e. The first-order valence-corrected chi connectivity index (χ1v) is 7.13. The molecule has 0 atom stereocenters. The van der Waals surface area contributed by atoms with Gasteiger partial charge < -0.3 is 5.73 Å². The van der Waals surface area contributed by atoms with Gasteiger partial charge in [-0.2, -0.15) is 0 Å². The van der Waals surface area contributed by atoms with Crippen LogP contribution in [0.4, 0.5) is 0 Å². The summed E-state index contributed by atoms with van der Waals surface area (Å²) in [5.74, 6) is -0.0163. The number of hydrogen-bond acceptors (Lipinski definition) is 2. The number of benzene rings is 2. The third-order valence-electron chi connectivity index (χ3n) is 2.30. The van der Waals surface area contributed by atoms with Crippen molar-refractivity contribution in [2.24, 2.45) is 5.73 Å². The van der Waals surface area contributed by atoms with Crippen molar-refractivity contribution in [1.82, 2.24) is 0 Å². The molecule has 0 aliphatic carbocycles. The maximum atomic E-state index is 7.38. The molecule has 0 aliphatic rings. The molecular weight excluding hydrogens is 332 g/mol. The summed E-state index contributed by atoms with van der Waals surface area (Å²) in [6.07, 6.45) is 0. The molecule has 0 unspecified atom stereocenters. The van der Waals surface area contributed by atoms with Crippen molar-refractivity contribution in [3.63, 3.8) is 0 Å². The Hall–Kier alpha value is -0.970. The van der Waals surface area contributed by atoms with Gasteiger partial charge in [0.15, 0.2) is 0 Å². The van der Waals surface area contributed by atoms with Crippen molar-refractivity contribution < 1.29 is 0 Å². The second kappa shape index (κ2) is 5.78. The van der Waals surface area contributed by atoms with Crippen LogP contribution in [0.3, 0.4) is 0 Å². The second-order valence-corrected chi connectivity index (χ2v) is 5.96. The SMILES string of the molecule is N=C(N)c1ccc(Sc2ccccc2Br)cc1Cl. The highest BCUT2D eigenvalue weighted by Crippen LogP contribution is 2.34. The number of nitrogens with one attached hydrogen (secondary N) is 1. The molecule has 92 valence electrons. The van der Waals surface area contributed by atoms with Crippen LogP contribution in [0, 0.1) is 5.41 Å². The van der Waals surface area contributed by atoms with E-state index in [4.69, 9.17) is 22.7 Å². The monoisotopic (exact) mass is 340 g/mol. The van der Waals surface area contributed by atoms with Gasteiger partial charge in [0.25, 0.3) is 0 Å². The van der Waals surface area contributed by atoms with Crippen molar-refractivity contribution in [1.29, 1.82) is 5.41 Å². The Morgan fingerprint density at radius 1 is 1.22 bits per heavy atom. The lowest BCUT2D eigenvalue weighted by Crippen LogP contribution is -2.11. The summed E-state index contributed by atoms with van der Waals surface area (Å²) in [5.41, 5.74) is 5.99. The van der Waals surface area contributed by atoms with E-state index in [1.807, 2.05) is 36.4 Å². The van der Waals surface area contributed by atoms with Gasteiger partial charge in [-0.05, 0) is 46.3 Å². The van der Waals surface area contributed by atoms with Gasteiger partial charge in [0.05, 0.1) is 5.02 Å². The summed E-state index contributed by atoms with van der Waals surface area (Å²) in [6.45, 7) is 0. The van der Waals surface area contributed by atoms with E-state index in [-0.39, 0.29) is 5.84 Å². The van der Waals surface area contributed by atoms with Crippen LogP contribution in [-0.4, -0.2) is 5.84 Å². The number of amidine groups is 1. The molecule has 0 saturated carbocycles. The van der Waals surface area contributed by atoms with Gasteiger partial charge in [0, 0.05) is 19.8 Å². The number of hydrogen-bond donors (Lipinski definition) is 2. The third-order valence-corrected chi connectivity index (χ3v) is 4.63. The number of nitrogens with two attached hydrogens (primary N) is 1. The van der Waals surface area contributed by atoms with E-state index >= 15 is 0 Å². The molecule has 5 heteroatoms. The number of nitrogen functional groups attached to an aromatic ring is 1. The van der Waals surface area contributed by atoms with Gasteiger partial charge >= 0.3 is 0 Å². The molecule has 2 rings (SSSR count). The largest absolute Gasteiger partial charge is 0.384 e. The van der Waals surface area contributed by atoms with Gasteiger partial charge in [0.1, 0.15) is 5.84 Å². The predicted octanol–water partition coefficient (Wildman–Crippen LogP) is 4.54. The van der Waals surface area contributed by atoms with Gasteiger partial charge in [-0.3, -0.25) is 5.41 Å². The Labute approximate surface area is 123 Å². The maximum Gasteiger partial charge on any atom is 0.124 e. The molecule has 0 radical (unpaired) electrons. The van der Waals surface area contributed by atoms with Crippen molar-refractivity contribution in [2.75, 3.05) is 0 Å². The summed E-state index contributed by atoms with van der Waals surface area (Å²) in [7, 11) is 0. The summed E-state index contributed by atoms with van der Waals surface area (Å²) in [4.78, 5) is 2.13. The van der Waals surface area contributed by atoms with Crippen molar-refractivity contribution in [3.05, 3.63) is 57.5 Å². The molecule has 2 aromatic rings. The van der Waals surface area contributed by atoms with E-state index < -0.39 is 0 Å². The minimum absolute atomic E-state index is 0.0163. The van der Waals surface area contributed by atoms with E-state index in [0.717, 1.165) is 14.3 Å². The molecule has 0 amide bonds. The van der Waals surface area contributed by atoms with Crippen LogP contribution < -0.4 is 5.73 Å². The molecular formula is C13H10BrClN2S. The molecule has 0 spiro atoms. The minimum atomic E-state index is -0.0163. The highest BCUT2D eigenvalue weighted by molar-refractivity contribution is 9.10. The lowest BCUT2D eigenvalue weighted by Gasteiger charge is -2.07. The fraction of sp³-hybridized carbons (Fsp3) is 0. The minimum Gasteiger partial charge on any atom is -0.384 e. The van der Waals surface area contributed by atoms with Gasteiger partial charge in [-0.25, -0.2) is 0 Å². The summed E-state index contributed by atoms with van der Waals surface area (Å²) in [5, 5.41) is 7.88. The number of halogens is 2. The maximum absolute atomic E-state index is 7.38. The molecule has 0 aromatic heterocycles. The Morgan fingerprint density at radius 3 is 2.56 bits per heavy atom. The van der Waals surface area contributed by atoms with Crippen LogP contribution in [0.1, 0.15) is 5.56 Å². The zero-order chi connectivity index (χ0) is 13.1. The first-order valence-electron chi connectivity index (χ1n) is 5.14. The van der Waals surface area contributed by atoms with E-state index in [2.05, 4.69) is 15.9 Å². The Kier molecular flexibility index (Phi) is 4.32. The molecule has 18 heavy (non-hydrogen) atoms. The molecule has 0 fully saturated rings. The van der Waals surface area contributed by atoms with Crippen molar-refractivity contribution >= 4 is 45.1 Å². The molecule has 0 aliphatic heterocycles. The second-order valence-electron chi connectivity index (χ2n) is 3.59. The van der Waals surface area contributed by atoms with Crippen LogP contribution in [0.25, 0.3) is 0 Å². The highest BCUT2D eigenvalue weighted by Gasteiger charge is 2.06. The molecule has 2 aromatic carbocycles. The Morgan fingerprint density at radius 2 is 1.94 bits per heavy atom. The molecule has 2 nitrogen and oxygen atoms in total. The number of rotatable bonds is 3. The quantitative estimate of drug-likeness (QED) is 0.636. The average Bonchev–Trinajstić information content (AvgIpc) is 2.32.